The molecule has 202 valence electrons. The molecule has 2 saturated heterocycles. The van der Waals surface area contributed by atoms with E-state index in [4.69, 9.17) is 16.3 Å². The van der Waals surface area contributed by atoms with Gasteiger partial charge in [0.25, 0.3) is 5.91 Å². The first-order valence-corrected chi connectivity index (χ1v) is 13.9. The number of carbonyl (C=O) groups is 1. The summed E-state index contributed by atoms with van der Waals surface area (Å²) in [5.41, 5.74) is 2.12. The van der Waals surface area contributed by atoms with E-state index in [1.807, 2.05) is 40.0 Å². The van der Waals surface area contributed by atoms with Crippen LogP contribution < -0.4 is 10.1 Å². The minimum atomic E-state index is 0.0923. The summed E-state index contributed by atoms with van der Waals surface area (Å²) in [6.07, 6.45) is 11.3. The van der Waals surface area contributed by atoms with Crippen molar-refractivity contribution in [3.8, 4) is 17.0 Å². The Morgan fingerprint density at radius 2 is 1.82 bits per heavy atom. The van der Waals surface area contributed by atoms with Gasteiger partial charge in [0.1, 0.15) is 5.75 Å². The molecule has 1 aromatic carbocycles. The number of hydrogen-bond donors (Lipinski definition) is 1. The Balaban J connectivity index is 1.11. The molecule has 0 radical (unpaired) electrons. The average molecular weight is 538 g/mol. The van der Waals surface area contributed by atoms with E-state index < -0.39 is 0 Å². The van der Waals surface area contributed by atoms with Crippen LogP contribution >= 0.6 is 11.6 Å². The van der Waals surface area contributed by atoms with Crippen molar-refractivity contribution in [1.29, 1.82) is 0 Å². The number of rotatable bonds is 8. The highest BCUT2D eigenvalue weighted by Gasteiger charge is 2.28. The molecule has 2 aliphatic rings. The number of carbonyl (C=O) groups excluding carboxylic acids is 1. The molecule has 0 saturated carbocycles. The lowest BCUT2D eigenvalue weighted by Crippen LogP contribution is -2.48. The number of amides is 1. The van der Waals surface area contributed by atoms with Crippen LogP contribution in [0, 0.1) is 0 Å². The van der Waals surface area contributed by atoms with Crippen molar-refractivity contribution < 1.29 is 9.53 Å². The van der Waals surface area contributed by atoms with Crippen LogP contribution in [-0.2, 0) is 0 Å². The number of piperidine rings is 2. The Morgan fingerprint density at radius 3 is 2.50 bits per heavy atom. The second kappa shape index (κ2) is 12.1. The fourth-order valence-corrected chi connectivity index (χ4v) is 5.38. The third-order valence-electron chi connectivity index (χ3n) is 7.38. The number of ether oxygens (including phenoxy) is 1. The number of anilines is 1. The van der Waals surface area contributed by atoms with Crippen LogP contribution in [0.5, 0.6) is 5.75 Å². The maximum Gasteiger partial charge on any atom is 0.253 e. The van der Waals surface area contributed by atoms with Gasteiger partial charge < -0.3 is 19.9 Å². The van der Waals surface area contributed by atoms with E-state index >= 15 is 0 Å². The summed E-state index contributed by atoms with van der Waals surface area (Å²) in [5.74, 6) is 1.15. The maximum atomic E-state index is 13.0. The summed E-state index contributed by atoms with van der Waals surface area (Å²) in [6, 6.07) is 8.18. The summed E-state index contributed by atoms with van der Waals surface area (Å²) < 4.78 is 7.67. The van der Waals surface area contributed by atoms with Gasteiger partial charge in [-0.3, -0.25) is 9.48 Å². The number of aromatic nitrogens is 4. The van der Waals surface area contributed by atoms with E-state index in [1.165, 1.54) is 32.4 Å². The normalized spacial score (nSPS) is 17.1. The highest BCUT2D eigenvalue weighted by Crippen LogP contribution is 2.27. The van der Waals surface area contributed by atoms with Crippen LogP contribution in [0.1, 0.15) is 62.4 Å². The van der Waals surface area contributed by atoms with E-state index in [1.54, 1.807) is 12.4 Å². The topological polar surface area (TPSA) is 88.4 Å². The number of benzene rings is 1. The summed E-state index contributed by atoms with van der Waals surface area (Å²) in [4.78, 5) is 26.4. The van der Waals surface area contributed by atoms with E-state index in [2.05, 4.69) is 39.1 Å². The van der Waals surface area contributed by atoms with Crippen molar-refractivity contribution in [2.24, 2.45) is 0 Å². The van der Waals surface area contributed by atoms with Gasteiger partial charge in [0.05, 0.1) is 23.1 Å². The van der Waals surface area contributed by atoms with Crippen molar-refractivity contribution in [2.75, 3.05) is 38.2 Å². The standard InChI is InChI=1S/C28H36ClN7O2/c1-20(2)36-18-22(16-32-36)26-25(29)17-30-28(33-26)31-19-38-24-8-6-21(7-9-24)27(37)35-14-10-23(11-15-35)34-12-4-3-5-13-34/h6-9,16-18,20,23H,3-5,10-15,19H2,1-2H3,(H,30,31,33). The van der Waals surface area contributed by atoms with E-state index in [9.17, 15) is 4.79 Å². The van der Waals surface area contributed by atoms with Gasteiger partial charge in [-0.25, -0.2) is 9.97 Å². The largest absolute Gasteiger partial charge is 0.473 e. The van der Waals surface area contributed by atoms with E-state index in [0.29, 0.717) is 34.0 Å². The fourth-order valence-electron chi connectivity index (χ4n) is 5.18. The molecule has 5 rings (SSSR count). The van der Waals surface area contributed by atoms with Gasteiger partial charge in [-0.15, -0.1) is 0 Å². The Bertz CT molecular complexity index is 1220. The Labute approximate surface area is 229 Å². The molecule has 9 nitrogen and oxygen atoms in total. The summed E-state index contributed by atoms with van der Waals surface area (Å²) in [5, 5.41) is 7.89. The molecule has 0 unspecified atom stereocenters. The summed E-state index contributed by atoms with van der Waals surface area (Å²) in [6.45, 7) is 8.36. The average Bonchev–Trinajstić information content (AvgIpc) is 3.45. The molecule has 1 amide bonds. The highest BCUT2D eigenvalue weighted by molar-refractivity contribution is 6.32. The maximum absolute atomic E-state index is 13.0. The second-order valence-electron chi connectivity index (χ2n) is 10.3. The minimum Gasteiger partial charge on any atom is -0.473 e. The number of hydrogen-bond acceptors (Lipinski definition) is 7. The van der Waals surface area contributed by atoms with Crippen LogP contribution in [0.3, 0.4) is 0 Å². The third kappa shape index (κ3) is 6.27. The predicted molar refractivity (Wildman–Crippen MR) is 149 cm³/mol. The first-order chi connectivity index (χ1) is 18.5. The third-order valence-corrected chi connectivity index (χ3v) is 7.65. The van der Waals surface area contributed by atoms with E-state index in [-0.39, 0.29) is 18.7 Å². The molecule has 0 aliphatic carbocycles. The zero-order valence-electron chi connectivity index (χ0n) is 22.1. The van der Waals surface area contributed by atoms with E-state index in [0.717, 1.165) is 31.5 Å². The summed E-state index contributed by atoms with van der Waals surface area (Å²) >= 11 is 6.33. The molecule has 0 bridgehead atoms. The van der Waals surface area contributed by atoms with Crippen molar-refractivity contribution in [3.63, 3.8) is 0 Å². The minimum absolute atomic E-state index is 0.0923. The van der Waals surface area contributed by atoms with Gasteiger partial charge in [-0.05, 0) is 76.9 Å². The van der Waals surface area contributed by atoms with Crippen molar-refractivity contribution in [3.05, 3.63) is 53.4 Å². The van der Waals surface area contributed by atoms with Crippen molar-refractivity contribution in [2.45, 2.75) is 58.0 Å². The number of nitrogens with one attached hydrogen (secondary N) is 1. The summed E-state index contributed by atoms with van der Waals surface area (Å²) in [7, 11) is 0. The first kappa shape index (κ1) is 26.4. The molecule has 4 heterocycles. The molecule has 3 aromatic rings. The first-order valence-electron chi connectivity index (χ1n) is 13.5. The zero-order valence-corrected chi connectivity index (χ0v) is 22.9. The van der Waals surface area contributed by atoms with Crippen LogP contribution in [0.4, 0.5) is 5.95 Å². The molecular weight excluding hydrogens is 502 g/mol. The Kier molecular flexibility index (Phi) is 8.44. The molecular formula is C28H36ClN7O2. The molecule has 2 aromatic heterocycles. The molecule has 10 heteroatoms. The Morgan fingerprint density at radius 1 is 1.08 bits per heavy atom. The van der Waals surface area contributed by atoms with Gasteiger partial charge in [0, 0.05) is 42.5 Å². The van der Waals surface area contributed by atoms with Crippen molar-refractivity contribution >= 4 is 23.5 Å². The molecule has 2 aliphatic heterocycles. The van der Waals surface area contributed by atoms with Crippen LogP contribution in [0.15, 0.2) is 42.9 Å². The predicted octanol–water partition coefficient (Wildman–Crippen LogP) is 5.11. The lowest BCUT2D eigenvalue weighted by Gasteiger charge is -2.40. The Hall–Kier alpha value is -3.17. The lowest BCUT2D eigenvalue weighted by atomic mass is 9.99. The smallest absolute Gasteiger partial charge is 0.253 e. The van der Waals surface area contributed by atoms with Crippen LogP contribution in [0.2, 0.25) is 5.02 Å². The van der Waals surface area contributed by atoms with Gasteiger partial charge in [0.2, 0.25) is 5.95 Å². The molecule has 2 fully saturated rings. The molecule has 0 spiro atoms. The number of halogens is 1. The SMILES string of the molecule is CC(C)n1cc(-c2nc(NCOc3ccc(C(=O)N4CCC(N5CCCCC5)CC4)cc3)ncc2Cl)cn1. The molecule has 38 heavy (non-hydrogen) atoms. The fraction of sp³-hybridized carbons (Fsp3) is 0.500. The number of nitrogens with zero attached hydrogens (tertiary/aromatic N) is 6. The van der Waals surface area contributed by atoms with Crippen LogP contribution in [-0.4, -0.2) is 74.4 Å². The number of likely N-dealkylation sites (tertiary alicyclic amines) is 2. The van der Waals surface area contributed by atoms with Gasteiger partial charge >= 0.3 is 0 Å². The van der Waals surface area contributed by atoms with Gasteiger partial charge in [-0.2, -0.15) is 5.10 Å². The molecule has 1 N–H and O–H groups in total. The second-order valence-corrected chi connectivity index (χ2v) is 10.7. The molecule has 0 atom stereocenters. The lowest BCUT2D eigenvalue weighted by molar-refractivity contribution is 0.0590. The van der Waals surface area contributed by atoms with Crippen LogP contribution in [0.25, 0.3) is 11.3 Å². The van der Waals surface area contributed by atoms with Crippen molar-refractivity contribution in [1.82, 2.24) is 29.5 Å². The van der Waals surface area contributed by atoms with Gasteiger partial charge in [-0.1, -0.05) is 18.0 Å². The highest BCUT2D eigenvalue weighted by atomic mass is 35.5. The zero-order chi connectivity index (χ0) is 26.5. The monoisotopic (exact) mass is 537 g/mol. The van der Waals surface area contributed by atoms with Gasteiger partial charge in [0.15, 0.2) is 6.73 Å². The quantitative estimate of drug-likeness (QED) is 0.399.